The van der Waals surface area contributed by atoms with Gasteiger partial charge in [0.1, 0.15) is 11.2 Å². The van der Waals surface area contributed by atoms with Crippen LogP contribution in [0.1, 0.15) is 63.8 Å². The zero-order valence-electron chi connectivity index (χ0n) is 28.6. The molecule has 0 unspecified atom stereocenters. The van der Waals surface area contributed by atoms with Crippen LogP contribution in [0.5, 0.6) is 0 Å². The van der Waals surface area contributed by atoms with Crippen molar-refractivity contribution in [2.45, 2.75) is 91.5 Å². The van der Waals surface area contributed by atoms with Gasteiger partial charge in [0.25, 0.3) is 0 Å². The number of nitrogens with one attached hydrogen (secondary N) is 4. The second-order valence-electron chi connectivity index (χ2n) is 13.1. The molecule has 2 aromatic carbocycles. The van der Waals surface area contributed by atoms with Gasteiger partial charge in [-0.1, -0.05) is 59.7 Å². The summed E-state index contributed by atoms with van der Waals surface area (Å²) in [5.74, 6) is 0. The molecule has 0 saturated heterocycles. The minimum Gasteiger partial charge on any atom is -0.444 e. The summed E-state index contributed by atoms with van der Waals surface area (Å²) in [4.78, 5) is 23.9. The molecule has 8 N–H and O–H groups in total. The SMILES string of the molecule is Cc1ccc(C[C@@H](CNCCN)NC(=O)OC(C)(C)C)cc1.Cc1ccc(C[C@@H](CNCCN)NC(=O)OC(C)(C)C)cc1.Cl. The molecular formula is C34H59ClN6O4. The van der Waals surface area contributed by atoms with Crippen molar-refractivity contribution in [3.63, 3.8) is 0 Å². The van der Waals surface area contributed by atoms with Gasteiger partial charge in [-0.15, -0.1) is 12.4 Å². The largest absolute Gasteiger partial charge is 0.444 e. The number of halogens is 1. The van der Waals surface area contributed by atoms with Crippen molar-refractivity contribution in [1.29, 1.82) is 0 Å². The third-order valence-corrected chi connectivity index (χ3v) is 6.07. The number of rotatable bonds is 14. The van der Waals surface area contributed by atoms with Gasteiger partial charge in [-0.05, 0) is 79.4 Å². The maximum Gasteiger partial charge on any atom is 0.407 e. The Morgan fingerprint density at radius 2 is 0.956 bits per heavy atom. The highest BCUT2D eigenvalue weighted by atomic mass is 35.5. The van der Waals surface area contributed by atoms with E-state index in [0.29, 0.717) is 26.2 Å². The van der Waals surface area contributed by atoms with Gasteiger partial charge in [-0.2, -0.15) is 0 Å². The van der Waals surface area contributed by atoms with Gasteiger partial charge in [-0.3, -0.25) is 0 Å². The van der Waals surface area contributed by atoms with Crippen molar-refractivity contribution in [3.8, 4) is 0 Å². The Balaban J connectivity index is 0.000000842. The first-order valence-corrected chi connectivity index (χ1v) is 15.5. The highest BCUT2D eigenvalue weighted by Crippen LogP contribution is 2.11. The number of nitrogens with two attached hydrogens (primary N) is 2. The minimum absolute atomic E-state index is 0. The summed E-state index contributed by atoms with van der Waals surface area (Å²) in [7, 11) is 0. The number of aryl methyl sites for hydroxylation is 2. The summed E-state index contributed by atoms with van der Waals surface area (Å²) < 4.78 is 10.7. The lowest BCUT2D eigenvalue weighted by atomic mass is 10.0. The Bertz CT molecular complexity index is 998. The predicted molar refractivity (Wildman–Crippen MR) is 187 cm³/mol. The normalized spacial score (nSPS) is 12.5. The second-order valence-corrected chi connectivity index (χ2v) is 13.1. The van der Waals surface area contributed by atoms with Crippen LogP contribution in [0.2, 0.25) is 0 Å². The average Bonchev–Trinajstić information content (AvgIpc) is 2.89. The van der Waals surface area contributed by atoms with Crippen LogP contribution in [0.25, 0.3) is 0 Å². The van der Waals surface area contributed by atoms with Crippen LogP contribution in [0.15, 0.2) is 48.5 Å². The molecule has 2 amide bonds. The molecular weight excluding hydrogens is 592 g/mol. The second kappa shape index (κ2) is 21.8. The van der Waals surface area contributed by atoms with Gasteiger partial charge in [0.2, 0.25) is 0 Å². The maximum atomic E-state index is 12.0. The Morgan fingerprint density at radius 3 is 1.22 bits per heavy atom. The van der Waals surface area contributed by atoms with Crippen LogP contribution >= 0.6 is 12.4 Å². The molecule has 45 heavy (non-hydrogen) atoms. The smallest absolute Gasteiger partial charge is 0.407 e. The fourth-order valence-electron chi connectivity index (χ4n) is 4.07. The van der Waals surface area contributed by atoms with Gasteiger partial charge in [-0.25, -0.2) is 9.59 Å². The van der Waals surface area contributed by atoms with Gasteiger partial charge >= 0.3 is 12.2 Å². The zero-order chi connectivity index (χ0) is 33.2. The van der Waals surface area contributed by atoms with Crippen LogP contribution < -0.4 is 32.7 Å². The van der Waals surface area contributed by atoms with Crippen molar-refractivity contribution in [2.24, 2.45) is 11.5 Å². The third kappa shape index (κ3) is 22.3. The van der Waals surface area contributed by atoms with E-state index in [1.807, 2.05) is 41.5 Å². The number of benzene rings is 2. The standard InChI is InChI=1S/2C17H29N3O2.ClH/c2*1-13-5-7-14(8-6-13)11-15(12-19-10-9-18)20-16(21)22-17(2,3)4;/h2*5-8,15,19H,9-12,18H2,1-4H3,(H,20,21);1H/t2*15-;/m00./s1. The molecule has 2 atom stereocenters. The summed E-state index contributed by atoms with van der Waals surface area (Å²) in [6.07, 6.45) is 0.715. The topological polar surface area (TPSA) is 153 Å². The van der Waals surface area contributed by atoms with Gasteiger partial charge in [0.15, 0.2) is 0 Å². The number of alkyl carbamates (subject to hydrolysis) is 2. The average molecular weight is 651 g/mol. The Kier molecular flexibility index (Phi) is 20.4. The molecule has 0 aliphatic carbocycles. The minimum atomic E-state index is -0.497. The summed E-state index contributed by atoms with van der Waals surface area (Å²) in [5.41, 5.74) is 14.8. The van der Waals surface area contributed by atoms with Crippen molar-refractivity contribution in [1.82, 2.24) is 21.3 Å². The van der Waals surface area contributed by atoms with Gasteiger partial charge < -0.3 is 42.2 Å². The predicted octanol–water partition coefficient (Wildman–Crippen LogP) is 4.38. The summed E-state index contributed by atoms with van der Waals surface area (Å²) >= 11 is 0. The van der Waals surface area contributed by atoms with E-state index in [1.54, 1.807) is 0 Å². The molecule has 2 rings (SSSR count). The first kappa shape index (κ1) is 42.1. The van der Waals surface area contributed by atoms with E-state index in [-0.39, 0.29) is 36.7 Å². The molecule has 0 aliphatic rings. The lowest BCUT2D eigenvalue weighted by Gasteiger charge is -2.24. The molecule has 0 aliphatic heterocycles. The van der Waals surface area contributed by atoms with Crippen molar-refractivity contribution in [2.75, 3.05) is 39.3 Å². The molecule has 2 aromatic rings. The molecule has 10 nitrogen and oxygen atoms in total. The number of ether oxygens (including phenoxy) is 2. The van der Waals surface area contributed by atoms with E-state index in [9.17, 15) is 9.59 Å². The van der Waals surface area contributed by atoms with Gasteiger partial charge in [0, 0.05) is 51.4 Å². The Hall–Kier alpha value is -2.89. The van der Waals surface area contributed by atoms with Crippen molar-refractivity contribution >= 4 is 24.6 Å². The number of carbonyl (C=O) groups is 2. The lowest BCUT2D eigenvalue weighted by Crippen LogP contribution is -2.46. The number of hydrogen-bond donors (Lipinski definition) is 6. The van der Waals surface area contributed by atoms with Crippen LogP contribution in [0.3, 0.4) is 0 Å². The zero-order valence-corrected chi connectivity index (χ0v) is 29.4. The highest BCUT2D eigenvalue weighted by molar-refractivity contribution is 5.85. The number of hydrogen-bond acceptors (Lipinski definition) is 8. The molecule has 256 valence electrons. The first-order chi connectivity index (χ1) is 20.6. The summed E-state index contributed by atoms with van der Waals surface area (Å²) in [5, 5.41) is 12.3. The third-order valence-electron chi connectivity index (χ3n) is 6.07. The molecule has 0 heterocycles. The number of amides is 2. The van der Waals surface area contributed by atoms with E-state index < -0.39 is 11.2 Å². The fraction of sp³-hybridized carbons (Fsp3) is 0.588. The van der Waals surface area contributed by atoms with Crippen LogP contribution in [-0.2, 0) is 22.3 Å². The first-order valence-electron chi connectivity index (χ1n) is 15.5. The lowest BCUT2D eigenvalue weighted by molar-refractivity contribution is 0.0492. The van der Waals surface area contributed by atoms with Crippen molar-refractivity contribution in [3.05, 3.63) is 70.8 Å². The Labute approximate surface area is 277 Å². The summed E-state index contributed by atoms with van der Waals surface area (Å²) in [6.45, 7) is 19.2. The van der Waals surface area contributed by atoms with E-state index in [2.05, 4.69) is 83.6 Å². The molecule has 0 radical (unpaired) electrons. The van der Waals surface area contributed by atoms with Crippen LogP contribution in [0, 0.1) is 13.8 Å². The fourth-order valence-corrected chi connectivity index (χ4v) is 4.07. The van der Waals surface area contributed by atoms with E-state index in [4.69, 9.17) is 20.9 Å². The van der Waals surface area contributed by atoms with Gasteiger partial charge in [0.05, 0.1) is 0 Å². The maximum absolute atomic E-state index is 12.0. The monoisotopic (exact) mass is 650 g/mol. The molecule has 0 saturated carbocycles. The van der Waals surface area contributed by atoms with Crippen LogP contribution in [-0.4, -0.2) is 74.7 Å². The molecule has 0 fully saturated rings. The molecule has 11 heteroatoms. The molecule has 0 aromatic heterocycles. The van der Waals surface area contributed by atoms with Crippen LogP contribution in [0.4, 0.5) is 9.59 Å². The molecule has 0 spiro atoms. The summed E-state index contributed by atoms with van der Waals surface area (Å²) in [6, 6.07) is 16.6. The van der Waals surface area contributed by atoms with E-state index in [1.165, 1.54) is 22.3 Å². The number of carbonyl (C=O) groups excluding carboxylic acids is 2. The molecule has 0 bridgehead atoms. The highest BCUT2D eigenvalue weighted by Gasteiger charge is 2.21. The van der Waals surface area contributed by atoms with E-state index in [0.717, 1.165) is 25.9 Å². The Morgan fingerprint density at radius 1 is 0.644 bits per heavy atom. The quantitative estimate of drug-likeness (QED) is 0.165. The van der Waals surface area contributed by atoms with E-state index >= 15 is 0 Å². The van der Waals surface area contributed by atoms with Crippen molar-refractivity contribution < 1.29 is 19.1 Å².